The maximum atomic E-state index is 12.3. The van der Waals surface area contributed by atoms with Gasteiger partial charge >= 0.3 is 6.18 Å². The number of halogens is 3. The zero-order valence-electron chi connectivity index (χ0n) is 7.94. The Morgan fingerprint density at radius 2 is 2.00 bits per heavy atom. The largest absolute Gasteiger partial charge is 0.435 e. The van der Waals surface area contributed by atoms with E-state index in [4.69, 9.17) is 5.73 Å². The van der Waals surface area contributed by atoms with Crippen molar-refractivity contribution in [1.82, 2.24) is 14.8 Å². The van der Waals surface area contributed by atoms with E-state index in [1.807, 2.05) is 0 Å². The van der Waals surface area contributed by atoms with Gasteiger partial charge in [0.2, 0.25) is 0 Å². The van der Waals surface area contributed by atoms with Gasteiger partial charge in [0.15, 0.2) is 5.69 Å². The fourth-order valence-electron chi connectivity index (χ4n) is 1.22. The summed E-state index contributed by atoms with van der Waals surface area (Å²) in [5, 5.41) is 3.40. The molecular weight excluding hydrogens is 221 g/mol. The van der Waals surface area contributed by atoms with Gasteiger partial charge in [0.1, 0.15) is 0 Å². The average molecular weight is 228 g/mol. The first-order chi connectivity index (χ1) is 7.48. The van der Waals surface area contributed by atoms with E-state index >= 15 is 0 Å². The summed E-state index contributed by atoms with van der Waals surface area (Å²) >= 11 is 0. The summed E-state index contributed by atoms with van der Waals surface area (Å²) < 4.78 is 38.0. The molecule has 2 aromatic heterocycles. The molecule has 0 amide bonds. The number of nitrogens with two attached hydrogens (primary N) is 1. The molecule has 0 aliphatic carbocycles. The minimum absolute atomic E-state index is 0.263. The van der Waals surface area contributed by atoms with Gasteiger partial charge in [0.05, 0.1) is 17.6 Å². The molecule has 0 aromatic carbocycles. The van der Waals surface area contributed by atoms with Crippen molar-refractivity contribution in [1.29, 1.82) is 0 Å². The molecule has 0 saturated heterocycles. The molecular formula is C9H7F3N4. The Kier molecular flexibility index (Phi) is 2.30. The summed E-state index contributed by atoms with van der Waals surface area (Å²) in [6, 6.07) is 2.38. The molecule has 0 spiro atoms. The number of hydrogen-bond acceptors (Lipinski definition) is 3. The van der Waals surface area contributed by atoms with Crippen molar-refractivity contribution in [2.45, 2.75) is 6.18 Å². The van der Waals surface area contributed by atoms with Crippen LogP contribution < -0.4 is 5.73 Å². The molecule has 0 atom stereocenters. The molecule has 2 aromatic rings. The van der Waals surface area contributed by atoms with E-state index in [0.717, 1.165) is 10.7 Å². The highest BCUT2D eigenvalue weighted by Gasteiger charge is 2.33. The maximum absolute atomic E-state index is 12.3. The SMILES string of the molecule is Nc1cnccc1-n1ccc(C(F)(F)F)n1. The number of nitrogens with zero attached hydrogens (tertiary/aromatic N) is 3. The van der Waals surface area contributed by atoms with Crippen LogP contribution in [0.15, 0.2) is 30.7 Å². The molecule has 7 heteroatoms. The predicted molar refractivity (Wildman–Crippen MR) is 50.8 cm³/mol. The van der Waals surface area contributed by atoms with Crippen LogP contribution >= 0.6 is 0 Å². The smallest absolute Gasteiger partial charge is 0.396 e. The Hall–Kier alpha value is -2.05. The second-order valence-corrected chi connectivity index (χ2v) is 3.08. The molecule has 16 heavy (non-hydrogen) atoms. The van der Waals surface area contributed by atoms with E-state index in [1.165, 1.54) is 24.7 Å². The number of rotatable bonds is 1. The fourth-order valence-corrected chi connectivity index (χ4v) is 1.22. The number of aromatic nitrogens is 3. The highest BCUT2D eigenvalue weighted by Crippen LogP contribution is 2.28. The van der Waals surface area contributed by atoms with Gasteiger partial charge in [0, 0.05) is 12.4 Å². The summed E-state index contributed by atoms with van der Waals surface area (Å²) in [5.74, 6) is 0. The van der Waals surface area contributed by atoms with Gasteiger partial charge in [0.25, 0.3) is 0 Å². The van der Waals surface area contributed by atoms with Gasteiger partial charge in [-0.05, 0) is 12.1 Å². The molecule has 0 aliphatic heterocycles. The summed E-state index contributed by atoms with van der Waals surface area (Å²) in [4.78, 5) is 3.74. The molecule has 0 saturated carbocycles. The normalized spacial score (nSPS) is 11.7. The number of nitrogen functional groups attached to an aromatic ring is 1. The van der Waals surface area contributed by atoms with E-state index in [1.54, 1.807) is 0 Å². The number of pyridine rings is 1. The lowest BCUT2D eigenvalue weighted by Crippen LogP contribution is -2.08. The Labute approximate surface area is 88.5 Å². The minimum atomic E-state index is -4.45. The number of anilines is 1. The number of hydrogen-bond donors (Lipinski definition) is 1. The standard InChI is InChI=1S/C9H7F3N4/c10-9(11,12)8-2-4-16(15-8)7-1-3-14-5-6(7)13/h1-5H,13H2. The van der Waals surface area contributed by atoms with Crippen molar-refractivity contribution in [2.24, 2.45) is 0 Å². The molecule has 0 fully saturated rings. The van der Waals surface area contributed by atoms with Crippen LogP contribution in [-0.4, -0.2) is 14.8 Å². The van der Waals surface area contributed by atoms with Crippen molar-refractivity contribution in [3.05, 3.63) is 36.4 Å². The van der Waals surface area contributed by atoms with Gasteiger partial charge in [-0.3, -0.25) is 4.98 Å². The summed E-state index contributed by atoms with van der Waals surface area (Å²) in [6.07, 6.45) is -0.466. The molecule has 0 aliphatic rings. The van der Waals surface area contributed by atoms with Crippen LogP contribution in [0.2, 0.25) is 0 Å². The van der Waals surface area contributed by atoms with Gasteiger partial charge in [-0.25, -0.2) is 4.68 Å². The number of alkyl halides is 3. The van der Waals surface area contributed by atoms with E-state index in [0.29, 0.717) is 5.69 Å². The first-order valence-corrected chi connectivity index (χ1v) is 4.31. The van der Waals surface area contributed by atoms with Gasteiger partial charge in [-0.15, -0.1) is 0 Å². The first kappa shape index (κ1) is 10.5. The third-order valence-electron chi connectivity index (χ3n) is 1.95. The Morgan fingerprint density at radius 3 is 2.56 bits per heavy atom. The predicted octanol–water partition coefficient (Wildman–Crippen LogP) is 1.87. The average Bonchev–Trinajstić information content (AvgIpc) is 2.66. The molecule has 0 radical (unpaired) electrons. The first-order valence-electron chi connectivity index (χ1n) is 4.31. The molecule has 84 valence electrons. The molecule has 2 N–H and O–H groups in total. The van der Waals surface area contributed by atoms with E-state index in [-0.39, 0.29) is 5.69 Å². The van der Waals surface area contributed by atoms with Crippen LogP contribution in [0.3, 0.4) is 0 Å². The summed E-state index contributed by atoms with van der Waals surface area (Å²) in [6.45, 7) is 0. The van der Waals surface area contributed by atoms with Crippen LogP contribution in [0.25, 0.3) is 5.69 Å². The van der Waals surface area contributed by atoms with Crippen molar-refractivity contribution >= 4 is 5.69 Å². The van der Waals surface area contributed by atoms with E-state index in [9.17, 15) is 13.2 Å². The van der Waals surface area contributed by atoms with Crippen LogP contribution in [0.1, 0.15) is 5.69 Å². The molecule has 4 nitrogen and oxygen atoms in total. The molecule has 0 bridgehead atoms. The van der Waals surface area contributed by atoms with Gasteiger partial charge < -0.3 is 5.73 Å². The monoisotopic (exact) mass is 228 g/mol. The quantitative estimate of drug-likeness (QED) is 0.810. The van der Waals surface area contributed by atoms with Crippen LogP contribution in [0.4, 0.5) is 18.9 Å². The Balaban J connectivity index is 2.44. The summed E-state index contributed by atoms with van der Waals surface area (Å²) in [7, 11) is 0. The highest BCUT2D eigenvalue weighted by atomic mass is 19.4. The molecule has 0 unspecified atom stereocenters. The van der Waals surface area contributed by atoms with Crippen molar-refractivity contribution in [2.75, 3.05) is 5.73 Å². The maximum Gasteiger partial charge on any atom is 0.435 e. The minimum Gasteiger partial charge on any atom is -0.396 e. The van der Waals surface area contributed by atoms with Crippen molar-refractivity contribution in [3.8, 4) is 5.69 Å². The zero-order chi connectivity index (χ0) is 11.8. The van der Waals surface area contributed by atoms with E-state index < -0.39 is 11.9 Å². The third kappa shape index (κ3) is 1.83. The lowest BCUT2D eigenvalue weighted by Gasteiger charge is -2.04. The second kappa shape index (κ2) is 3.51. The van der Waals surface area contributed by atoms with Crippen LogP contribution in [0, 0.1) is 0 Å². The van der Waals surface area contributed by atoms with Gasteiger partial charge in [-0.2, -0.15) is 18.3 Å². The van der Waals surface area contributed by atoms with Crippen LogP contribution in [0.5, 0.6) is 0 Å². The van der Waals surface area contributed by atoms with Crippen molar-refractivity contribution < 1.29 is 13.2 Å². The molecule has 2 rings (SSSR count). The topological polar surface area (TPSA) is 56.7 Å². The highest BCUT2D eigenvalue weighted by molar-refractivity contribution is 5.54. The van der Waals surface area contributed by atoms with Gasteiger partial charge in [-0.1, -0.05) is 0 Å². The Bertz CT molecular complexity index is 503. The second-order valence-electron chi connectivity index (χ2n) is 3.08. The van der Waals surface area contributed by atoms with E-state index in [2.05, 4.69) is 10.1 Å². The lowest BCUT2D eigenvalue weighted by atomic mass is 10.3. The Morgan fingerprint density at radius 1 is 1.25 bits per heavy atom. The fraction of sp³-hybridized carbons (Fsp3) is 0.111. The van der Waals surface area contributed by atoms with Crippen molar-refractivity contribution in [3.63, 3.8) is 0 Å². The third-order valence-corrected chi connectivity index (χ3v) is 1.95. The van der Waals surface area contributed by atoms with Crippen LogP contribution in [-0.2, 0) is 6.18 Å². The summed E-state index contributed by atoms with van der Waals surface area (Å²) in [5.41, 5.74) is 5.24. The zero-order valence-corrected chi connectivity index (χ0v) is 7.94. The lowest BCUT2D eigenvalue weighted by molar-refractivity contribution is -0.141. The molecule has 2 heterocycles.